The molecule has 0 unspecified atom stereocenters. The molecule has 114 valence electrons. The second-order valence-electron chi connectivity index (χ2n) is 5.36. The summed E-state index contributed by atoms with van der Waals surface area (Å²) in [6, 6.07) is 17.7. The van der Waals surface area contributed by atoms with Crippen LogP contribution in [-0.2, 0) is 22.7 Å². The minimum Gasteiger partial charge on any atom is -0.458 e. The molecule has 0 aliphatic heterocycles. The highest BCUT2D eigenvalue weighted by Gasteiger charge is 2.02. The van der Waals surface area contributed by atoms with Crippen molar-refractivity contribution in [3.05, 3.63) is 77.4 Å². The molecule has 0 bridgehead atoms. The molecular formula is C19H21NO2. The van der Waals surface area contributed by atoms with Gasteiger partial charge in [-0.05, 0) is 36.9 Å². The number of carbonyl (C=O) groups is 1. The molecule has 2 rings (SSSR count). The van der Waals surface area contributed by atoms with Crippen LogP contribution in [-0.4, -0.2) is 25.0 Å². The van der Waals surface area contributed by atoms with Crippen LogP contribution in [0.15, 0.2) is 60.7 Å². The van der Waals surface area contributed by atoms with E-state index in [0.29, 0.717) is 6.61 Å². The van der Waals surface area contributed by atoms with Crippen LogP contribution >= 0.6 is 0 Å². The van der Waals surface area contributed by atoms with E-state index in [9.17, 15) is 4.79 Å². The third-order valence-electron chi connectivity index (χ3n) is 3.16. The number of esters is 1. The lowest BCUT2D eigenvalue weighted by Crippen LogP contribution is -2.11. The molecule has 0 saturated carbocycles. The number of rotatable bonds is 6. The molecule has 0 aliphatic carbocycles. The van der Waals surface area contributed by atoms with Gasteiger partial charge in [0.2, 0.25) is 0 Å². The van der Waals surface area contributed by atoms with Crippen LogP contribution in [0.1, 0.15) is 16.7 Å². The highest BCUT2D eigenvalue weighted by Crippen LogP contribution is 2.12. The third-order valence-corrected chi connectivity index (χ3v) is 3.16. The summed E-state index contributed by atoms with van der Waals surface area (Å²) >= 11 is 0. The molecule has 0 heterocycles. The molecule has 0 saturated heterocycles. The van der Waals surface area contributed by atoms with Gasteiger partial charge >= 0.3 is 5.97 Å². The molecule has 0 radical (unpaired) electrons. The number of carbonyl (C=O) groups excluding carboxylic acids is 1. The van der Waals surface area contributed by atoms with E-state index < -0.39 is 0 Å². The van der Waals surface area contributed by atoms with Crippen molar-refractivity contribution in [1.29, 1.82) is 0 Å². The van der Waals surface area contributed by atoms with Crippen molar-refractivity contribution in [3.63, 3.8) is 0 Å². The lowest BCUT2D eigenvalue weighted by Gasteiger charge is -2.11. The first-order valence-electron chi connectivity index (χ1n) is 7.26. The Hall–Kier alpha value is -2.39. The van der Waals surface area contributed by atoms with Gasteiger partial charge in [0.1, 0.15) is 6.61 Å². The summed E-state index contributed by atoms with van der Waals surface area (Å²) in [5, 5.41) is 0. The van der Waals surface area contributed by atoms with E-state index in [1.165, 1.54) is 11.6 Å². The highest BCUT2D eigenvalue weighted by atomic mass is 16.5. The fourth-order valence-electron chi connectivity index (χ4n) is 2.12. The number of hydrogen-bond acceptors (Lipinski definition) is 3. The Morgan fingerprint density at radius 1 is 1.05 bits per heavy atom. The molecule has 0 fully saturated rings. The largest absolute Gasteiger partial charge is 0.458 e. The average molecular weight is 295 g/mol. The van der Waals surface area contributed by atoms with Gasteiger partial charge in [-0.3, -0.25) is 0 Å². The number of hydrogen-bond donors (Lipinski definition) is 0. The smallest absolute Gasteiger partial charge is 0.331 e. The zero-order valence-corrected chi connectivity index (χ0v) is 13.0. The number of nitrogens with zero attached hydrogens (tertiary/aromatic N) is 1. The van der Waals surface area contributed by atoms with Crippen molar-refractivity contribution >= 4 is 12.0 Å². The Morgan fingerprint density at radius 2 is 1.73 bits per heavy atom. The van der Waals surface area contributed by atoms with Gasteiger partial charge in [-0.1, -0.05) is 54.6 Å². The summed E-state index contributed by atoms with van der Waals surface area (Å²) in [5.74, 6) is -0.330. The van der Waals surface area contributed by atoms with Crippen molar-refractivity contribution in [2.45, 2.75) is 13.2 Å². The van der Waals surface area contributed by atoms with Crippen LogP contribution < -0.4 is 0 Å². The first-order valence-corrected chi connectivity index (χ1v) is 7.26. The molecule has 3 heteroatoms. The molecular weight excluding hydrogens is 274 g/mol. The first-order chi connectivity index (χ1) is 10.6. The quantitative estimate of drug-likeness (QED) is 0.603. The van der Waals surface area contributed by atoms with E-state index in [2.05, 4.69) is 11.0 Å². The van der Waals surface area contributed by atoms with Gasteiger partial charge in [0.25, 0.3) is 0 Å². The lowest BCUT2D eigenvalue weighted by molar-refractivity contribution is -0.138. The summed E-state index contributed by atoms with van der Waals surface area (Å²) in [7, 11) is 4.04. The third kappa shape index (κ3) is 5.19. The molecule has 0 atom stereocenters. The molecule has 2 aromatic carbocycles. The van der Waals surface area contributed by atoms with Crippen LogP contribution in [0.3, 0.4) is 0 Å². The monoisotopic (exact) mass is 295 g/mol. The normalized spacial score (nSPS) is 11.0. The molecule has 2 aromatic rings. The Labute approximate surface area is 131 Å². The molecule has 0 spiro atoms. The van der Waals surface area contributed by atoms with E-state index in [4.69, 9.17) is 4.74 Å². The Bertz CT molecular complexity index is 633. The van der Waals surface area contributed by atoms with Crippen molar-refractivity contribution in [2.75, 3.05) is 14.1 Å². The molecule has 22 heavy (non-hydrogen) atoms. The van der Waals surface area contributed by atoms with Gasteiger partial charge in [-0.15, -0.1) is 0 Å². The fourth-order valence-corrected chi connectivity index (χ4v) is 2.12. The molecule has 0 amide bonds. The number of benzene rings is 2. The molecule has 0 aliphatic rings. The zero-order chi connectivity index (χ0) is 15.8. The number of ether oxygens (including phenoxy) is 1. The summed E-state index contributed by atoms with van der Waals surface area (Å²) in [4.78, 5) is 13.9. The minimum atomic E-state index is -0.330. The Balaban J connectivity index is 1.95. The maximum atomic E-state index is 11.8. The zero-order valence-electron chi connectivity index (χ0n) is 13.0. The molecule has 0 N–H and O–H groups in total. The van der Waals surface area contributed by atoms with Crippen LogP contribution in [0.2, 0.25) is 0 Å². The minimum absolute atomic E-state index is 0.295. The van der Waals surface area contributed by atoms with Gasteiger partial charge in [0.15, 0.2) is 0 Å². The van der Waals surface area contributed by atoms with E-state index >= 15 is 0 Å². The first kappa shape index (κ1) is 16.0. The van der Waals surface area contributed by atoms with E-state index in [0.717, 1.165) is 17.7 Å². The summed E-state index contributed by atoms with van der Waals surface area (Å²) in [6.07, 6.45) is 3.30. The van der Waals surface area contributed by atoms with E-state index in [1.807, 2.05) is 68.7 Å². The SMILES string of the molecule is CN(C)Cc1ccccc1/C=C/C(=O)OCc1ccccc1. The second kappa shape index (κ2) is 8.15. The van der Waals surface area contributed by atoms with Crippen molar-refractivity contribution in [2.24, 2.45) is 0 Å². The topological polar surface area (TPSA) is 29.5 Å². The van der Waals surface area contributed by atoms with E-state index in [-0.39, 0.29) is 5.97 Å². The van der Waals surface area contributed by atoms with Crippen LogP contribution in [0.4, 0.5) is 0 Å². The second-order valence-corrected chi connectivity index (χ2v) is 5.36. The van der Waals surface area contributed by atoms with E-state index in [1.54, 1.807) is 0 Å². The molecule has 3 nitrogen and oxygen atoms in total. The summed E-state index contributed by atoms with van der Waals surface area (Å²) in [5.41, 5.74) is 3.20. The standard InChI is InChI=1S/C19H21NO2/c1-20(2)14-18-11-7-6-10-17(18)12-13-19(21)22-15-16-8-4-3-5-9-16/h3-13H,14-15H2,1-2H3/b13-12+. The lowest BCUT2D eigenvalue weighted by atomic mass is 10.1. The fraction of sp³-hybridized carbons (Fsp3) is 0.211. The highest BCUT2D eigenvalue weighted by molar-refractivity contribution is 5.87. The predicted octanol–water partition coefficient (Wildman–Crippen LogP) is 3.50. The summed E-state index contributed by atoms with van der Waals surface area (Å²) < 4.78 is 5.23. The van der Waals surface area contributed by atoms with Crippen molar-refractivity contribution in [3.8, 4) is 0 Å². The van der Waals surface area contributed by atoms with Crippen molar-refractivity contribution in [1.82, 2.24) is 4.90 Å². The maximum absolute atomic E-state index is 11.8. The summed E-state index contributed by atoms with van der Waals surface area (Å²) in [6.45, 7) is 1.13. The van der Waals surface area contributed by atoms with Gasteiger partial charge in [0, 0.05) is 12.6 Å². The van der Waals surface area contributed by atoms with Crippen LogP contribution in [0.25, 0.3) is 6.08 Å². The van der Waals surface area contributed by atoms with Crippen LogP contribution in [0.5, 0.6) is 0 Å². The predicted molar refractivity (Wildman–Crippen MR) is 89.1 cm³/mol. The van der Waals surface area contributed by atoms with Crippen LogP contribution in [0, 0.1) is 0 Å². The van der Waals surface area contributed by atoms with Gasteiger partial charge < -0.3 is 9.64 Å². The molecule has 0 aromatic heterocycles. The van der Waals surface area contributed by atoms with Crippen molar-refractivity contribution < 1.29 is 9.53 Å². The van der Waals surface area contributed by atoms with Gasteiger partial charge in [0.05, 0.1) is 0 Å². The maximum Gasteiger partial charge on any atom is 0.331 e. The average Bonchev–Trinajstić information content (AvgIpc) is 2.52. The Morgan fingerprint density at radius 3 is 2.45 bits per heavy atom. The van der Waals surface area contributed by atoms with Gasteiger partial charge in [-0.25, -0.2) is 4.79 Å². The Kier molecular flexibility index (Phi) is 5.92. The van der Waals surface area contributed by atoms with Gasteiger partial charge in [-0.2, -0.15) is 0 Å².